The van der Waals surface area contributed by atoms with Crippen molar-refractivity contribution < 1.29 is 9.59 Å². The molecule has 32 heavy (non-hydrogen) atoms. The number of aromatic nitrogens is 1. The predicted octanol–water partition coefficient (Wildman–Crippen LogP) is 5.45. The molecule has 1 atom stereocenters. The van der Waals surface area contributed by atoms with Crippen molar-refractivity contribution in [3.05, 3.63) is 83.7 Å². The number of anilines is 1. The first-order valence-corrected chi connectivity index (χ1v) is 12.5. The Morgan fingerprint density at radius 3 is 2.56 bits per heavy atom. The number of thiazole rings is 1. The molecule has 162 valence electrons. The van der Waals surface area contributed by atoms with Crippen LogP contribution in [0.5, 0.6) is 0 Å². The van der Waals surface area contributed by atoms with Crippen molar-refractivity contribution in [3.63, 3.8) is 0 Å². The topological polar surface area (TPSA) is 71.1 Å². The number of thioether (sulfide) groups is 1. The van der Waals surface area contributed by atoms with Crippen molar-refractivity contribution in [2.24, 2.45) is 0 Å². The van der Waals surface area contributed by atoms with Crippen molar-refractivity contribution in [1.82, 2.24) is 10.3 Å². The maximum Gasteiger partial charge on any atom is 0.251 e. The molecular formula is C25H23N3O2S2. The van der Waals surface area contributed by atoms with Crippen LogP contribution in [0.2, 0.25) is 0 Å². The van der Waals surface area contributed by atoms with Gasteiger partial charge in [0, 0.05) is 16.5 Å². The molecule has 0 saturated heterocycles. The predicted molar refractivity (Wildman–Crippen MR) is 134 cm³/mol. The van der Waals surface area contributed by atoms with Gasteiger partial charge in [0.15, 0.2) is 5.13 Å². The van der Waals surface area contributed by atoms with Gasteiger partial charge in [0.25, 0.3) is 5.91 Å². The lowest BCUT2D eigenvalue weighted by Gasteiger charge is -2.17. The lowest BCUT2D eigenvalue weighted by atomic mass is 10.0. The second-order valence-electron chi connectivity index (χ2n) is 7.23. The van der Waals surface area contributed by atoms with Gasteiger partial charge in [0.2, 0.25) is 5.91 Å². The maximum absolute atomic E-state index is 13.0. The minimum absolute atomic E-state index is 0.262. The molecule has 0 radical (unpaired) electrons. The summed E-state index contributed by atoms with van der Waals surface area (Å²) in [5.41, 5.74) is 2.37. The minimum Gasteiger partial charge on any atom is -0.340 e. The van der Waals surface area contributed by atoms with Gasteiger partial charge in [0.1, 0.15) is 6.04 Å². The molecule has 0 aliphatic heterocycles. The number of amides is 2. The van der Waals surface area contributed by atoms with Crippen molar-refractivity contribution in [1.29, 1.82) is 0 Å². The molecule has 0 saturated carbocycles. The van der Waals surface area contributed by atoms with E-state index in [2.05, 4.69) is 33.8 Å². The molecule has 7 heteroatoms. The van der Waals surface area contributed by atoms with Gasteiger partial charge in [-0.2, -0.15) is 11.8 Å². The highest BCUT2D eigenvalue weighted by Gasteiger charge is 2.22. The van der Waals surface area contributed by atoms with E-state index in [1.165, 1.54) is 11.3 Å². The van der Waals surface area contributed by atoms with Crippen LogP contribution in [0, 0.1) is 0 Å². The molecule has 1 heterocycles. The van der Waals surface area contributed by atoms with E-state index in [0.29, 0.717) is 17.1 Å². The van der Waals surface area contributed by atoms with E-state index < -0.39 is 6.04 Å². The van der Waals surface area contributed by atoms with Crippen LogP contribution in [0.15, 0.2) is 78.2 Å². The Morgan fingerprint density at radius 1 is 1.00 bits per heavy atom. The molecule has 2 N–H and O–H groups in total. The Morgan fingerprint density at radius 2 is 1.75 bits per heavy atom. The molecule has 1 aromatic heterocycles. The molecule has 1 unspecified atom stereocenters. The van der Waals surface area contributed by atoms with Crippen molar-refractivity contribution in [3.8, 4) is 11.3 Å². The first kappa shape index (κ1) is 22.0. The second kappa shape index (κ2) is 10.4. The molecule has 2 amide bonds. The van der Waals surface area contributed by atoms with Gasteiger partial charge in [-0.05, 0) is 41.3 Å². The molecule has 4 rings (SSSR count). The van der Waals surface area contributed by atoms with E-state index in [9.17, 15) is 9.59 Å². The van der Waals surface area contributed by atoms with Crippen LogP contribution in [0.4, 0.5) is 5.13 Å². The largest absolute Gasteiger partial charge is 0.340 e. The lowest BCUT2D eigenvalue weighted by molar-refractivity contribution is -0.118. The summed E-state index contributed by atoms with van der Waals surface area (Å²) in [6.45, 7) is 0. The Balaban J connectivity index is 1.50. The summed E-state index contributed by atoms with van der Waals surface area (Å²) in [4.78, 5) is 30.2. The first-order valence-electron chi connectivity index (χ1n) is 10.2. The zero-order chi connectivity index (χ0) is 22.3. The molecule has 5 nitrogen and oxygen atoms in total. The Kier molecular flexibility index (Phi) is 7.19. The van der Waals surface area contributed by atoms with Gasteiger partial charge >= 0.3 is 0 Å². The van der Waals surface area contributed by atoms with Gasteiger partial charge in [-0.15, -0.1) is 11.3 Å². The van der Waals surface area contributed by atoms with E-state index >= 15 is 0 Å². The number of fused-ring (bicyclic) bond motifs is 1. The number of benzene rings is 3. The summed E-state index contributed by atoms with van der Waals surface area (Å²) in [7, 11) is 0. The monoisotopic (exact) mass is 461 g/mol. The summed E-state index contributed by atoms with van der Waals surface area (Å²) in [6, 6.07) is 22.5. The van der Waals surface area contributed by atoms with Crippen LogP contribution in [-0.4, -0.2) is 34.8 Å². The van der Waals surface area contributed by atoms with Gasteiger partial charge < -0.3 is 10.6 Å². The third kappa shape index (κ3) is 5.18. The zero-order valence-electron chi connectivity index (χ0n) is 17.6. The average molecular weight is 462 g/mol. The fraction of sp³-hybridized carbons (Fsp3) is 0.160. The summed E-state index contributed by atoms with van der Waals surface area (Å²) in [6.07, 6.45) is 2.51. The number of rotatable bonds is 8. The number of hydrogen-bond acceptors (Lipinski definition) is 5. The third-order valence-corrected chi connectivity index (χ3v) is 6.47. The Hall–Kier alpha value is -3.16. The number of carbonyl (C=O) groups is 2. The maximum atomic E-state index is 13.0. The van der Waals surface area contributed by atoms with Crippen LogP contribution < -0.4 is 10.6 Å². The van der Waals surface area contributed by atoms with Crippen LogP contribution in [-0.2, 0) is 4.79 Å². The molecule has 3 aromatic carbocycles. The van der Waals surface area contributed by atoms with Gasteiger partial charge in [-0.1, -0.05) is 60.7 Å². The van der Waals surface area contributed by atoms with Crippen molar-refractivity contribution in [2.45, 2.75) is 12.5 Å². The highest BCUT2D eigenvalue weighted by atomic mass is 32.2. The van der Waals surface area contributed by atoms with Crippen molar-refractivity contribution >= 4 is 50.8 Å². The Bertz CT molecular complexity index is 1220. The van der Waals surface area contributed by atoms with Gasteiger partial charge in [0.05, 0.1) is 5.69 Å². The highest BCUT2D eigenvalue weighted by Crippen LogP contribution is 2.31. The first-order chi connectivity index (χ1) is 15.7. The number of nitrogens with zero attached hydrogens (tertiary/aromatic N) is 1. The third-order valence-electron chi connectivity index (χ3n) is 5.07. The van der Waals surface area contributed by atoms with Crippen LogP contribution in [0.3, 0.4) is 0 Å². The molecule has 4 aromatic rings. The standard InChI is InChI=1S/C25H23N3O2S2/c1-31-15-14-21(26-23(29)18-9-3-2-4-10-18)24(30)28-25-27-22(16-32-25)20-13-7-11-17-8-5-6-12-19(17)20/h2-13,16,21H,14-15H2,1H3,(H,26,29)(H,27,28,30). The molecule has 0 bridgehead atoms. The van der Waals surface area contributed by atoms with E-state index in [1.54, 1.807) is 36.0 Å². The zero-order valence-corrected chi connectivity index (χ0v) is 19.2. The molecule has 0 aliphatic rings. The summed E-state index contributed by atoms with van der Waals surface area (Å²) in [5.74, 6) is 0.233. The fourth-order valence-electron chi connectivity index (χ4n) is 3.43. The number of hydrogen-bond donors (Lipinski definition) is 2. The number of nitrogens with one attached hydrogen (secondary N) is 2. The normalized spacial score (nSPS) is 11.8. The summed E-state index contributed by atoms with van der Waals surface area (Å²) >= 11 is 3.01. The second-order valence-corrected chi connectivity index (χ2v) is 9.07. The lowest BCUT2D eigenvalue weighted by Crippen LogP contribution is -2.44. The highest BCUT2D eigenvalue weighted by molar-refractivity contribution is 7.98. The van der Waals surface area contributed by atoms with E-state index in [4.69, 9.17) is 0 Å². The van der Waals surface area contributed by atoms with Crippen molar-refractivity contribution in [2.75, 3.05) is 17.3 Å². The summed E-state index contributed by atoms with van der Waals surface area (Å²) in [5, 5.41) is 10.5. The Labute approximate surface area is 195 Å². The molecule has 0 spiro atoms. The van der Waals surface area contributed by atoms with Crippen LogP contribution >= 0.6 is 23.1 Å². The SMILES string of the molecule is CSCCC(NC(=O)c1ccccc1)C(=O)Nc1nc(-c2cccc3ccccc23)cs1. The van der Waals surface area contributed by atoms with Crippen LogP contribution in [0.25, 0.3) is 22.0 Å². The van der Waals surface area contributed by atoms with Gasteiger partial charge in [-0.25, -0.2) is 4.98 Å². The molecule has 0 aliphatic carbocycles. The van der Waals surface area contributed by atoms with Gasteiger partial charge in [-0.3, -0.25) is 9.59 Å². The van der Waals surface area contributed by atoms with E-state index in [0.717, 1.165) is 27.8 Å². The number of carbonyl (C=O) groups excluding carboxylic acids is 2. The van der Waals surface area contributed by atoms with Crippen LogP contribution in [0.1, 0.15) is 16.8 Å². The fourth-order valence-corrected chi connectivity index (χ4v) is 4.62. The minimum atomic E-state index is -0.639. The smallest absolute Gasteiger partial charge is 0.251 e. The summed E-state index contributed by atoms with van der Waals surface area (Å²) < 4.78 is 0. The van der Waals surface area contributed by atoms with E-state index in [-0.39, 0.29) is 11.8 Å². The molecular weight excluding hydrogens is 438 g/mol. The average Bonchev–Trinajstić information content (AvgIpc) is 3.29. The van der Waals surface area contributed by atoms with E-state index in [1.807, 2.05) is 42.0 Å². The molecule has 0 fully saturated rings. The quantitative estimate of drug-likeness (QED) is 0.366.